The molecule has 22 heavy (non-hydrogen) atoms. The highest BCUT2D eigenvalue weighted by Crippen LogP contribution is 2.18. The SMILES string of the molecule is Cc1csc(NC(=O)CSc2ccc(-n3ccnc3)nn2)n1. The Hall–Kier alpha value is -2.26. The number of aromatic nitrogens is 5. The Bertz CT molecular complexity index is 753. The van der Waals surface area contributed by atoms with E-state index in [1.165, 1.54) is 23.1 Å². The predicted molar refractivity (Wildman–Crippen MR) is 85.4 cm³/mol. The Morgan fingerprint density at radius 3 is 2.95 bits per heavy atom. The summed E-state index contributed by atoms with van der Waals surface area (Å²) in [5.41, 5.74) is 0.897. The average molecular weight is 332 g/mol. The summed E-state index contributed by atoms with van der Waals surface area (Å²) in [5, 5.41) is 14.1. The molecule has 0 atom stereocenters. The first-order valence-corrected chi connectivity index (χ1v) is 8.24. The highest BCUT2D eigenvalue weighted by atomic mass is 32.2. The van der Waals surface area contributed by atoms with E-state index in [1.807, 2.05) is 24.4 Å². The van der Waals surface area contributed by atoms with E-state index in [-0.39, 0.29) is 11.7 Å². The first-order chi connectivity index (χ1) is 10.7. The number of amides is 1. The number of aryl methyl sites for hydroxylation is 1. The Morgan fingerprint density at radius 1 is 1.41 bits per heavy atom. The molecular weight excluding hydrogens is 320 g/mol. The molecule has 9 heteroatoms. The van der Waals surface area contributed by atoms with Gasteiger partial charge >= 0.3 is 0 Å². The molecule has 7 nitrogen and oxygen atoms in total. The molecule has 0 aliphatic rings. The van der Waals surface area contributed by atoms with Crippen LogP contribution in [-0.4, -0.2) is 36.4 Å². The molecule has 112 valence electrons. The minimum atomic E-state index is -0.111. The summed E-state index contributed by atoms with van der Waals surface area (Å²) in [5.74, 6) is 0.835. The van der Waals surface area contributed by atoms with Crippen molar-refractivity contribution in [3.8, 4) is 5.82 Å². The van der Waals surface area contributed by atoms with Gasteiger partial charge in [-0.1, -0.05) is 11.8 Å². The molecule has 0 bridgehead atoms. The number of rotatable bonds is 5. The number of imidazole rings is 1. The van der Waals surface area contributed by atoms with E-state index in [1.54, 1.807) is 23.3 Å². The molecule has 0 aromatic carbocycles. The summed E-state index contributed by atoms with van der Waals surface area (Å²) in [6.07, 6.45) is 5.12. The molecule has 0 radical (unpaired) electrons. The van der Waals surface area contributed by atoms with E-state index in [0.29, 0.717) is 16.0 Å². The van der Waals surface area contributed by atoms with Crippen LogP contribution in [0, 0.1) is 6.92 Å². The number of nitrogens with one attached hydrogen (secondary N) is 1. The largest absolute Gasteiger partial charge is 0.301 e. The van der Waals surface area contributed by atoms with E-state index in [2.05, 4.69) is 25.5 Å². The second-order valence-corrected chi connectivity index (χ2v) is 6.18. The van der Waals surface area contributed by atoms with E-state index in [9.17, 15) is 4.79 Å². The molecule has 1 N–H and O–H groups in total. The van der Waals surface area contributed by atoms with Gasteiger partial charge in [0, 0.05) is 17.8 Å². The Morgan fingerprint density at radius 2 is 2.32 bits per heavy atom. The molecule has 3 aromatic heterocycles. The third kappa shape index (κ3) is 3.68. The van der Waals surface area contributed by atoms with Crippen molar-refractivity contribution in [2.45, 2.75) is 11.9 Å². The summed E-state index contributed by atoms with van der Waals surface area (Å²) >= 11 is 2.74. The second kappa shape index (κ2) is 6.67. The molecule has 3 aromatic rings. The Kier molecular flexibility index (Phi) is 4.45. The average Bonchev–Trinajstić information content (AvgIpc) is 3.18. The molecule has 3 rings (SSSR count). The number of carbonyl (C=O) groups is 1. The predicted octanol–water partition coefficient (Wildman–Crippen LogP) is 2.16. The van der Waals surface area contributed by atoms with Gasteiger partial charge in [-0.25, -0.2) is 9.97 Å². The van der Waals surface area contributed by atoms with Crippen LogP contribution in [-0.2, 0) is 4.79 Å². The zero-order chi connectivity index (χ0) is 15.4. The first kappa shape index (κ1) is 14.7. The van der Waals surface area contributed by atoms with Gasteiger partial charge in [-0.05, 0) is 19.1 Å². The van der Waals surface area contributed by atoms with Crippen LogP contribution in [0.15, 0.2) is 41.3 Å². The fourth-order valence-electron chi connectivity index (χ4n) is 1.63. The van der Waals surface area contributed by atoms with E-state index in [0.717, 1.165) is 5.69 Å². The van der Waals surface area contributed by atoms with Crippen molar-refractivity contribution in [1.82, 2.24) is 24.7 Å². The van der Waals surface area contributed by atoms with Crippen molar-refractivity contribution in [2.75, 3.05) is 11.1 Å². The number of thiazole rings is 1. The topological polar surface area (TPSA) is 85.6 Å². The van der Waals surface area contributed by atoms with Crippen LogP contribution in [0.4, 0.5) is 5.13 Å². The standard InChI is InChI=1S/C13H12N6OS2/c1-9-6-22-13(15-9)16-11(20)7-21-12-3-2-10(17-18-12)19-5-4-14-8-19/h2-6,8H,7H2,1H3,(H,15,16,20). The molecule has 0 saturated carbocycles. The molecular formula is C13H12N6OS2. The van der Waals surface area contributed by atoms with E-state index < -0.39 is 0 Å². The normalized spacial score (nSPS) is 10.6. The lowest BCUT2D eigenvalue weighted by molar-refractivity contribution is -0.113. The van der Waals surface area contributed by atoms with Gasteiger partial charge in [-0.2, -0.15) is 0 Å². The summed E-state index contributed by atoms with van der Waals surface area (Å²) in [4.78, 5) is 20.0. The molecule has 0 spiro atoms. The van der Waals surface area contributed by atoms with Gasteiger partial charge in [0.1, 0.15) is 11.4 Å². The highest BCUT2D eigenvalue weighted by molar-refractivity contribution is 7.99. The Balaban J connectivity index is 1.54. The quantitative estimate of drug-likeness (QED) is 0.721. The number of thioether (sulfide) groups is 1. The van der Waals surface area contributed by atoms with E-state index >= 15 is 0 Å². The van der Waals surface area contributed by atoms with Crippen molar-refractivity contribution < 1.29 is 4.79 Å². The third-order valence-corrected chi connectivity index (χ3v) is 4.41. The molecule has 0 unspecified atom stereocenters. The highest BCUT2D eigenvalue weighted by Gasteiger charge is 2.07. The van der Waals surface area contributed by atoms with Crippen LogP contribution in [0.25, 0.3) is 5.82 Å². The smallest absolute Gasteiger partial charge is 0.236 e. The number of hydrogen-bond donors (Lipinski definition) is 1. The van der Waals surface area contributed by atoms with Gasteiger partial charge in [0.15, 0.2) is 10.9 Å². The van der Waals surface area contributed by atoms with Gasteiger partial charge in [0.2, 0.25) is 5.91 Å². The molecule has 0 aliphatic carbocycles. The maximum atomic E-state index is 11.8. The van der Waals surface area contributed by atoms with Crippen LogP contribution >= 0.6 is 23.1 Å². The minimum absolute atomic E-state index is 0.111. The van der Waals surface area contributed by atoms with Crippen molar-refractivity contribution in [3.63, 3.8) is 0 Å². The van der Waals surface area contributed by atoms with Crippen molar-refractivity contribution >= 4 is 34.1 Å². The van der Waals surface area contributed by atoms with Crippen LogP contribution in [0.5, 0.6) is 0 Å². The van der Waals surface area contributed by atoms with Gasteiger partial charge in [0.25, 0.3) is 0 Å². The number of anilines is 1. The van der Waals surface area contributed by atoms with Gasteiger partial charge in [-0.15, -0.1) is 21.5 Å². The maximum absolute atomic E-state index is 11.8. The van der Waals surface area contributed by atoms with Crippen molar-refractivity contribution in [3.05, 3.63) is 41.9 Å². The van der Waals surface area contributed by atoms with E-state index in [4.69, 9.17) is 0 Å². The fourth-order valence-corrected chi connectivity index (χ4v) is 2.95. The lowest BCUT2D eigenvalue weighted by Gasteiger charge is -2.03. The molecule has 1 amide bonds. The van der Waals surface area contributed by atoms with Crippen LogP contribution in [0.2, 0.25) is 0 Å². The lowest BCUT2D eigenvalue weighted by Crippen LogP contribution is -2.14. The molecule has 3 heterocycles. The Labute approximate surface area is 134 Å². The maximum Gasteiger partial charge on any atom is 0.236 e. The lowest BCUT2D eigenvalue weighted by atomic mass is 10.5. The number of carbonyl (C=O) groups excluding carboxylic acids is 1. The van der Waals surface area contributed by atoms with Gasteiger partial charge < -0.3 is 5.32 Å². The summed E-state index contributed by atoms with van der Waals surface area (Å²) in [7, 11) is 0. The minimum Gasteiger partial charge on any atom is -0.301 e. The summed E-state index contributed by atoms with van der Waals surface area (Å²) < 4.78 is 1.76. The van der Waals surface area contributed by atoms with Crippen LogP contribution < -0.4 is 5.32 Å². The third-order valence-electron chi connectivity index (χ3n) is 2.61. The van der Waals surface area contributed by atoms with Crippen LogP contribution in [0.3, 0.4) is 0 Å². The van der Waals surface area contributed by atoms with Gasteiger partial charge in [-0.3, -0.25) is 9.36 Å². The van der Waals surface area contributed by atoms with Crippen molar-refractivity contribution in [1.29, 1.82) is 0 Å². The monoisotopic (exact) mass is 332 g/mol. The first-order valence-electron chi connectivity index (χ1n) is 6.37. The zero-order valence-corrected chi connectivity index (χ0v) is 13.3. The second-order valence-electron chi connectivity index (χ2n) is 4.33. The van der Waals surface area contributed by atoms with Gasteiger partial charge in [0.05, 0.1) is 11.4 Å². The van der Waals surface area contributed by atoms with Crippen molar-refractivity contribution in [2.24, 2.45) is 0 Å². The summed E-state index contributed by atoms with van der Waals surface area (Å²) in [6.45, 7) is 1.89. The summed E-state index contributed by atoms with van der Waals surface area (Å²) in [6, 6.07) is 3.66. The zero-order valence-electron chi connectivity index (χ0n) is 11.6. The molecule has 0 saturated heterocycles. The fraction of sp³-hybridized carbons (Fsp3) is 0.154. The number of hydrogen-bond acceptors (Lipinski definition) is 7. The number of nitrogens with zero attached hydrogens (tertiary/aromatic N) is 5. The van der Waals surface area contributed by atoms with Crippen LogP contribution in [0.1, 0.15) is 5.69 Å². The molecule has 0 aliphatic heterocycles. The molecule has 0 fully saturated rings.